The van der Waals surface area contributed by atoms with Crippen molar-refractivity contribution >= 4 is 28.8 Å². The van der Waals surface area contributed by atoms with E-state index in [1.807, 2.05) is 44.0 Å². The maximum Gasteiger partial charge on any atom is 0.148 e. The molecule has 5 aromatic heterocycles. The zero-order valence-corrected chi connectivity index (χ0v) is 21.6. The van der Waals surface area contributed by atoms with Gasteiger partial charge < -0.3 is 10.1 Å². The van der Waals surface area contributed by atoms with Crippen molar-refractivity contribution in [3.8, 4) is 23.1 Å². The van der Waals surface area contributed by atoms with E-state index in [0.29, 0.717) is 22.9 Å². The van der Waals surface area contributed by atoms with Gasteiger partial charge in [0.1, 0.15) is 34.7 Å². The molecule has 0 amide bonds. The second-order valence-electron chi connectivity index (χ2n) is 9.20. The highest BCUT2D eigenvalue weighted by Crippen LogP contribution is 2.35. The number of aryl methyl sites for hydroxylation is 1. The third-order valence-electron chi connectivity index (χ3n) is 7.00. The number of hydrogen-bond acceptors (Lipinski definition) is 8. The molecule has 0 aromatic carbocycles. The Morgan fingerprint density at radius 1 is 1.16 bits per heavy atom. The zero-order valence-electron chi connectivity index (χ0n) is 20.8. The molecular formula is C25H27ClN10O. The first kappa shape index (κ1) is 24.7. The highest BCUT2D eigenvalue weighted by molar-refractivity contribution is 5.85. The Kier molecular flexibility index (Phi) is 6.54. The molecule has 190 valence electrons. The Labute approximate surface area is 219 Å². The van der Waals surface area contributed by atoms with Crippen LogP contribution in [-0.2, 0) is 7.05 Å². The smallest absolute Gasteiger partial charge is 0.148 e. The number of ether oxygens (including phenoxy) is 1. The maximum absolute atomic E-state index is 9.71. The van der Waals surface area contributed by atoms with Gasteiger partial charge in [0.2, 0.25) is 0 Å². The summed E-state index contributed by atoms with van der Waals surface area (Å²) in [5, 5.41) is 31.9. The minimum absolute atomic E-state index is 0. The van der Waals surface area contributed by atoms with Crippen LogP contribution in [0.2, 0.25) is 0 Å². The molecule has 6 heterocycles. The van der Waals surface area contributed by atoms with Crippen LogP contribution in [0.3, 0.4) is 0 Å². The van der Waals surface area contributed by atoms with E-state index in [4.69, 9.17) is 4.74 Å². The van der Waals surface area contributed by atoms with Gasteiger partial charge in [0, 0.05) is 36.0 Å². The van der Waals surface area contributed by atoms with Gasteiger partial charge in [-0.25, -0.2) is 9.20 Å². The van der Waals surface area contributed by atoms with Gasteiger partial charge in [0.05, 0.1) is 35.8 Å². The molecule has 1 atom stereocenters. The minimum Gasteiger partial charge on any atom is -0.484 e. The topological polar surface area (TPSA) is 124 Å². The summed E-state index contributed by atoms with van der Waals surface area (Å²) in [5.74, 6) is 0.547. The number of halogens is 1. The fourth-order valence-corrected chi connectivity index (χ4v) is 5.05. The highest BCUT2D eigenvalue weighted by Gasteiger charge is 2.23. The Bertz CT molecular complexity index is 1620. The van der Waals surface area contributed by atoms with Gasteiger partial charge in [-0.1, -0.05) is 5.21 Å². The van der Waals surface area contributed by atoms with E-state index < -0.39 is 0 Å². The number of piperidine rings is 1. The predicted molar refractivity (Wildman–Crippen MR) is 140 cm³/mol. The molecule has 5 aromatic rings. The van der Waals surface area contributed by atoms with Crippen molar-refractivity contribution < 1.29 is 4.74 Å². The van der Waals surface area contributed by atoms with Gasteiger partial charge in [-0.3, -0.25) is 9.67 Å². The molecule has 1 unspecified atom stereocenters. The van der Waals surface area contributed by atoms with Gasteiger partial charge in [-0.15, -0.1) is 17.5 Å². The Balaban J connectivity index is 0.00000280. The predicted octanol–water partition coefficient (Wildman–Crippen LogP) is 3.54. The molecular weight excluding hydrogens is 492 g/mol. The van der Waals surface area contributed by atoms with E-state index in [0.717, 1.165) is 59.3 Å². The van der Waals surface area contributed by atoms with Crippen molar-refractivity contribution in [3.05, 3.63) is 53.9 Å². The van der Waals surface area contributed by atoms with Crippen molar-refractivity contribution in [2.75, 3.05) is 13.1 Å². The number of nitriles is 1. The summed E-state index contributed by atoms with van der Waals surface area (Å²) >= 11 is 0. The quantitative estimate of drug-likeness (QED) is 0.374. The molecule has 37 heavy (non-hydrogen) atoms. The second kappa shape index (κ2) is 9.80. The van der Waals surface area contributed by atoms with Crippen LogP contribution in [0.15, 0.2) is 37.1 Å². The number of fused-ring (bicyclic) bond motifs is 2. The molecule has 1 aliphatic heterocycles. The SMILES string of the molecule is Cc1c(-c2cc(OC(C)c3cncc4c3cnn4C)c3c(C#N)cnn3c2)nnn1C1CCNCC1.Cl. The Morgan fingerprint density at radius 3 is 2.76 bits per heavy atom. The van der Waals surface area contributed by atoms with E-state index in [1.54, 1.807) is 27.8 Å². The highest BCUT2D eigenvalue weighted by atomic mass is 35.5. The monoisotopic (exact) mass is 518 g/mol. The summed E-state index contributed by atoms with van der Waals surface area (Å²) < 4.78 is 12.0. The summed E-state index contributed by atoms with van der Waals surface area (Å²) in [4.78, 5) is 4.38. The molecule has 0 aliphatic carbocycles. The zero-order chi connectivity index (χ0) is 24.8. The van der Waals surface area contributed by atoms with Crippen LogP contribution in [0.5, 0.6) is 5.75 Å². The molecule has 12 heteroatoms. The van der Waals surface area contributed by atoms with Crippen LogP contribution in [0.25, 0.3) is 27.7 Å². The standard InChI is InChI=1S/C25H26N10O.ClH/c1-15-24(31-32-35(15)19-4-6-27-7-5-19)17-8-23(25-18(9-26)10-30-34(25)14-17)36-16(2)20-11-28-13-22-21(20)12-29-33(22)3;/h8,10-14,16,19,27H,4-7H2,1-3H3;1H. The Hall–Kier alpha value is -4.01. The van der Waals surface area contributed by atoms with Gasteiger partial charge >= 0.3 is 0 Å². The second-order valence-corrected chi connectivity index (χ2v) is 9.20. The first-order chi connectivity index (χ1) is 17.5. The number of nitrogens with zero attached hydrogens (tertiary/aromatic N) is 9. The molecule has 11 nitrogen and oxygen atoms in total. The van der Waals surface area contributed by atoms with Crippen molar-refractivity contribution in [2.45, 2.75) is 38.8 Å². The van der Waals surface area contributed by atoms with Crippen LogP contribution in [0.1, 0.15) is 48.7 Å². The fourth-order valence-electron chi connectivity index (χ4n) is 5.05. The number of hydrogen-bond donors (Lipinski definition) is 1. The summed E-state index contributed by atoms with van der Waals surface area (Å²) in [7, 11) is 1.89. The average molecular weight is 519 g/mol. The Morgan fingerprint density at radius 2 is 1.97 bits per heavy atom. The van der Waals surface area contributed by atoms with Crippen molar-refractivity contribution in [2.24, 2.45) is 7.05 Å². The van der Waals surface area contributed by atoms with Gasteiger partial charge in [0.25, 0.3) is 0 Å². The van der Waals surface area contributed by atoms with E-state index in [9.17, 15) is 5.26 Å². The molecule has 0 spiro atoms. The third kappa shape index (κ3) is 4.18. The van der Waals surface area contributed by atoms with Crippen LogP contribution in [-0.4, -0.2) is 52.5 Å². The van der Waals surface area contributed by atoms with Crippen molar-refractivity contribution in [3.63, 3.8) is 0 Å². The molecule has 0 bridgehead atoms. The molecule has 1 fully saturated rings. The minimum atomic E-state index is -0.350. The summed E-state index contributed by atoms with van der Waals surface area (Å²) in [5.41, 5.74) is 5.49. The van der Waals surface area contributed by atoms with E-state index >= 15 is 0 Å². The van der Waals surface area contributed by atoms with Crippen molar-refractivity contribution in [1.29, 1.82) is 5.26 Å². The molecule has 0 saturated carbocycles. The van der Waals surface area contributed by atoms with Gasteiger partial charge in [-0.2, -0.15) is 15.5 Å². The fraction of sp³-hybridized carbons (Fsp3) is 0.360. The molecule has 1 N–H and O–H groups in total. The largest absolute Gasteiger partial charge is 0.484 e. The van der Waals surface area contributed by atoms with Crippen LogP contribution < -0.4 is 10.1 Å². The molecule has 1 saturated heterocycles. The lowest BCUT2D eigenvalue weighted by Crippen LogP contribution is -2.30. The normalized spacial score (nSPS) is 15.0. The number of aromatic nitrogens is 8. The van der Waals surface area contributed by atoms with Crippen molar-refractivity contribution in [1.82, 2.24) is 44.7 Å². The lowest BCUT2D eigenvalue weighted by molar-refractivity contribution is 0.230. The number of nitrogens with one attached hydrogen (secondary N) is 1. The van der Waals surface area contributed by atoms with Crippen LogP contribution >= 0.6 is 12.4 Å². The first-order valence-corrected chi connectivity index (χ1v) is 12.0. The lowest BCUT2D eigenvalue weighted by atomic mass is 10.1. The summed E-state index contributed by atoms with van der Waals surface area (Å²) in [6.07, 6.45) is 10.5. The maximum atomic E-state index is 9.71. The van der Waals surface area contributed by atoms with Crippen LogP contribution in [0.4, 0.5) is 0 Å². The summed E-state index contributed by atoms with van der Waals surface area (Å²) in [6.45, 7) is 5.96. The molecule has 6 rings (SSSR count). The van der Waals surface area contributed by atoms with E-state index in [-0.39, 0.29) is 18.5 Å². The van der Waals surface area contributed by atoms with Crippen LogP contribution in [0, 0.1) is 18.3 Å². The third-order valence-corrected chi connectivity index (χ3v) is 7.00. The van der Waals surface area contributed by atoms with Gasteiger partial charge in [-0.05, 0) is 45.8 Å². The molecule has 1 aliphatic rings. The number of pyridine rings is 2. The van der Waals surface area contributed by atoms with Gasteiger partial charge in [0.15, 0.2) is 0 Å². The average Bonchev–Trinajstić information content (AvgIpc) is 3.61. The summed E-state index contributed by atoms with van der Waals surface area (Å²) in [6, 6.07) is 4.48. The lowest BCUT2D eigenvalue weighted by Gasteiger charge is -2.23. The molecule has 0 radical (unpaired) electrons. The first-order valence-electron chi connectivity index (χ1n) is 12.0. The van der Waals surface area contributed by atoms with E-state index in [2.05, 4.69) is 36.9 Å². The number of rotatable bonds is 5. The van der Waals surface area contributed by atoms with E-state index in [1.165, 1.54) is 0 Å².